The lowest BCUT2D eigenvalue weighted by molar-refractivity contribution is 0.0955. The van der Waals surface area contributed by atoms with Gasteiger partial charge >= 0.3 is 0 Å². The van der Waals surface area contributed by atoms with E-state index in [1.54, 1.807) is 18.3 Å². The molecule has 0 aliphatic carbocycles. The number of ether oxygens (including phenoxy) is 1. The first-order valence-electron chi connectivity index (χ1n) is 6.80. The molecule has 0 saturated heterocycles. The van der Waals surface area contributed by atoms with Crippen LogP contribution in [0.2, 0.25) is 0 Å². The lowest BCUT2D eigenvalue weighted by atomic mass is 10.2. The molecule has 0 unspecified atom stereocenters. The highest BCUT2D eigenvalue weighted by Gasteiger charge is 2.01. The molecule has 0 atom stereocenters. The van der Waals surface area contributed by atoms with E-state index in [2.05, 4.69) is 10.5 Å². The lowest BCUT2D eigenvalue weighted by Crippen LogP contribution is -2.17. The van der Waals surface area contributed by atoms with Crippen molar-refractivity contribution in [1.82, 2.24) is 5.43 Å². The summed E-state index contributed by atoms with van der Waals surface area (Å²) < 4.78 is 5.56. The maximum atomic E-state index is 11.8. The van der Waals surface area contributed by atoms with Crippen LogP contribution in [0.15, 0.2) is 59.7 Å². The minimum absolute atomic E-state index is 0.148. The highest BCUT2D eigenvalue weighted by Crippen LogP contribution is 2.12. The van der Waals surface area contributed by atoms with E-state index in [9.17, 15) is 4.79 Å². The highest BCUT2D eigenvalue weighted by atomic mass is 16.5. The fraction of sp³-hybridized carbons (Fsp3) is 0.176. The van der Waals surface area contributed by atoms with E-state index in [-0.39, 0.29) is 12.0 Å². The van der Waals surface area contributed by atoms with Gasteiger partial charge in [0.25, 0.3) is 5.91 Å². The third-order valence-electron chi connectivity index (χ3n) is 2.67. The summed E-state index contributed by atoms with van der Waals surface area (Å²) in [5.74, 6) is 0.585. The number of hydrogen-bond donors (Lipinski definition) is 1. The molecular formula is C17H18N2O2. The normalized spacial score (nSPS) is 10.8. The minimum atomic E-state index is -0.230. The van der Waals surface area contributed by atoms with Crippen LogP contribution in [0.5, 0.6) is 5.75 Å². The van der Waals surface area contributed by atoms with Gasteiger partial charge in [-0.1, -0.05) is 18.2 Å². The second kappa shape index (κ2) is 7.24. The number of nitrogens with zero attached hydrogens (tertiary/aromatic N) is 1. The van der Waals surface area contributed by atoms with Gasteiger partial charge in [-0.3, -0.25) is 4.79 Å². The number of carbonyl (C=O) groups excluding carboxylic acids is 1. The first kappa shape index (κ1) is 14.8. The summed E-state index contributed by atoms with van der Waals surface area (Å²) in [6.45, 7) is 3.96. The number of rotatable bonds is 5. The summed E-state index contributed by atoms with van der Waals surface area (Å²) in [6, 6.07) is 16.5. The zero-order chi connectivity index (χ0) is 15.1. The topological polar surface area (TPSA) is 50.7 Å². The fourth-order valence-electron chi connectivity index (χ4n) is 1.72. The molecule has 0 radical (unpaired) electrons. The zero-order valence-electron chi connectivity index (χ0n) is 12.1. The highest BCUT2D eigenvalue weighted by molar-refractivity contribution is 5.94. The van der Waals surface area contributed by atoms with Crippen molar-refractivity contribution in [2.75, 3.05) is 0 Å². The first-order chi connectivity index (χ1) is 10.1. The largest absolute Gasteiger partial charge is 0.491 e. The fourth-order valence-corrected chi connectivity index (χ4v) is 1.72. The maximum Gasteiger partial charge on any atom is 0.271 e. The quantitative estimate of drug-likeness (QED) is 0.676. The van der Waals surface area contributed by atoms with Crippen molar-refractivity contribution in [1.29, 1.82) is 0 Å². The molecule has 21 heavy (non-hydrogen) atoms. The average molecular weight is 282 g/mol. The molecule has 2 aromatic rings. The molecule has 1 amide bonds. The predicted molar refractivity (Wildman–Crippen MR) is 83.7 cm³/mol. The number of hydrazone groups is 1. The Morgan fingerprint density at radius 1 is 1.10 bits per heavy atom. The molecule has 0 fully saturated rings. The molecule has 0 aliphatic rings. The van der Waals surface area contributed by atoms with Crippen LogP contribution in [0.3, 0.4) is 0 Å². The van der Waals surface area contributed by atoms with Crippen LogP contribution >= 0.6 is 0 Å². The molecule has 4 heteroatoms. The lowest BCUT2D eigenvalue weighted by Gasteiger charge is -2.09. The molecule has 1 N–H and O–H groups in total. The van der Waals surface area contributed by atoms with Crippen LogP contribution < -0.4 is 10.2 Å². The van der Waals surface area contributed by atoms with Gasteiger partial charge < -0.3 is 4.74 Å². The molecule has 4 nitrogen and oxygen atoms in total. The summed E-state index contributed by atoms with van der Waals surface area (Å²) in [4.78, 5) is 11.8. The molecule has 0 bridgehead atoms. The predicted octanol–water partition coefficient (Wildman–Crippen LogP) is 3.24. The Balaban J connectivity index is 1.91. The van der Waals surface area contributed by atoms with Gasteiger partial charge in [0.15, 0.2) is 0 Å². The van der Waals surface area contributed by atoms with E-state index in [0.717, 1.165) is 11.3 Å². The minimum Gasteiger partial charge on any atom is -0.491 e. The maximum absolute atomic E-state index is 11.8. The van der Waals surface area contributed by atoms with E-state index in [1.165, 1.54) is 0 Å². The molecule has 0 aromatic heterocycles. The Morgan fingerprint density at radius 2 is 1.76 bits per heavy atom. The van der Waals surface area contributed by atoms with E-state index in [0.29, 0.717) is 5.56 Å². The van der Waals surface area contributed by atoms with Crippen LogP contribution in [0.1, 0.15) is 29.8 Å². The van der Waals surface area contributed by atoms with Crippen molar-refractivity contribution < 1.29 is 9.53 Å². The molecule has 2 rings (SSSR count). The van der Waals surface area contributed by atoms with E-state index < -0.39 is 0 Å². The molecule has 108 valence electrons. The van der Waals surface area contributed by atoms with Crippen molar-refractivity contribution in [3.8, 4) is 5.75 Å². The van der Waals surface area contributed by atoms with Crippen molar-refractivity contribution in [3.63, 3.8) is 0 Å². The summed E-state index contributed by atoms with van der Waals surface area (Å²) >= 11 is 0. The number of nitrogens with one attached hydrogen (secondary N) is 1. The third-order valence-corrected chi connectivity index (χ3v) is 2.67. The van der Waals surface area contributed by atoms with Crippen LogP contribution in [0, 0.1) is 0 Å². The Morgan fingerprint density at radius 3 is 2.38 bits per heavy atom. The Labute approximate surface area is 124 Å². The number of benzene rings is 2. The van der Waals surface area contributed by atoms with Crippen molar-refractivity contribution in [2.24, 2.45) is 5.10 Å². The molecule has 0 aliphatic heterocycles. The summed E-state index contributed by atoms with van der Waals surface area (Å²) in [5.41, 5.74) is 3.96. The van der Waals surface area contributed by atoms with Crippen molar-refractivity contribution in [2.45, 2.75) is 20.0 Å². The van der Waals surface area contributed by atoms with Gasteiger partial charge in [0, 0.05) is 5.56 Å². The van der Waals surface area contributed by atoms with Crippen molar-refractivity contribution in [3.05, 3.63) is 65.7 Å². The van der Waals surface area contributed by atoms with E-state index in [4.69, 9.17) is 4.74 Å². The van der Waals surface area contributed by atoms with Gasteiger partial charge in [0.2, 0.25) is 0 Å². The van der Waals surface area contributed by atoms with Gasteiger partial charge in [-0.05, 0) is 55.8 Å². The van der Waals surface area contributed by atoms with Crippen LogP contribution in [-0.2, 0) is 0 Å². The summed E-state index contributed by atoms with van der Waals surface area (Å²) in [5, 5.41) is 3.94. The van der Waals surface area contributed by atoms with Crippen molar-refractivity contribution >= 4 is 12.1 Å². The molecule has 2 aromatic carbocycles. The van der Waals surface area contributed by atoms with E-state index >= 15 is 0 Å². The van der Waals surface area contributed by atoms with Gasteiger partial charge in [0.1, 0.15) is 5.75 Å². The molecule has 0 spiro atoms. The zero-order valence-corrected chi connectivity index (χ0v) is 12.1. The second-order valence-electron chi connectivity index (χ2n) is 4.80. The van der Waals surface area contributed by atoms with Gasteiger partial charge in [-0.15, -0.1) is 0 Å². The number of amides is 1. The standard InChI is InChI=1S/C17H18N2O2/c1-13(2)21-16-10-8-14(9-11-16)12-18-19-17(20)15-6-4-3-5-7-15/h3-13H,1-2H3,(H,19,20)/b18-12-. The van der Waals surface area contributed by atoms with Gasteiger partial charge in [-0.2, -0.15) is 5.10 Å². The monoisotopic (exact) mass is 282 g/mol. The summed E-state index contributed by atoms with van der Waals surface area (Å²) in [7, 11) is 0. The Bertz CT molecular complexity index is 604. The number of hydrogen-bond acceptors (Lipinski definition) is 3. The Hall–Kier alpha value is -2.62. The molecule has 0 saturated carbocycles. The third kappa shape index (κ3) is 4.76. The second-order valence-corrected chi connectivity index (χ2v) is 4.80. The first-order valence-corrected chi connectivity index (χ1v) is 6.80. The molecule has 0 heterocycles. The van der Waals surface area contributed by atoms with Crippen LogP contribution in [-0.4, -0.2) is 18.2 Å². The van der Waals surface area contributed by atoms with Gasteiger partial charge in [0.05, 0.1) is 12.3 Å². The Kier molecular flexibility index (Phi) is 5.10. The average Bonchev–Trinajstić information content (AvgIpc) is 2.49. The molecular weight excluding hydrogens is 264 g/mol. The van der Waals surface area contributed by atoms with Crippen LogP contribution in [0.25, 0.3) is 0 Å². The van der Waals surface area contributed by atoms with E-state index in [1.807, 2.05) is 56.3 Å². The number of carbonyl (C=O) groups is 1. The summed E-state index contributed by atoms with van der Waals surface area (Å²) in [6.07, 6.45) is 1.75. The van der Waals surface area contributed by atoms with Gasteiger partial charge in [-0.25, -0.2) is 5.43 Å². The smallest absolute Gasteiger partial charge is 0.271 e. The van der Waals surface area contributed by atoms with Crippen LogP contribution in [0.4, 0.5) is 0 Å². The SMILES string of the molecule is CC(C)Oc1ccc(/C=N\NC(=O)c2ccccc2)cc1.